The summed E-state index contributed by atoms with van der Waals surface area (Å²) in [4.78, 5) is 28.3. The quantitative estimate of drug-likeness (QED) is 0.127. The molecule has 2 aromatic heterocycles. The molecule has 0 unspecified atom stereocenters. The molecule has 0 aliphatic heterocycles. The van der Waals surface area contributed by atoms with E-state index in [-0.39, 0.29) is 11.0 Å². The van der Waals surface area contributed by atoms with Crippen molar-refractivity contribution in [3.63, 3.8) is 0 Å². The standard InChI is InChI=1S/C45H49N5O2S/c1-10-49-38-18-12-27(3)22-33(38)35-24-29(14-20-40(35)49)42(30-15-21-41-36(25-30)34-23-28(4)13-19-39(34)50(41)11-2)32-17-16-31(48(8)9)26-37(32)46-44(52)47-53-43(51)45(5,6)7/h12-26,42H,10-11H2,1-9H3,(H2,46,47,52). The Bertz CT molecular complexity index is 2420. The van der Waals surface area contributed by atoms with Crippen molar-refractivity contribution in [2.24, 2.45) is 5.41 Å². The maximum atomic E-state index is 13.5. The van der Waals surface area contributed by atoms with Crippen LogP contribution in [0.1, 0.15) is 68.4 Å². The molecule has 2 amide bonds. The molecule has 0 spiro atoms. The van der Waals surface area contributed by atoms with Crippen molar-refractivity contribution in [3.8, 4) is 0 Å². The molecule has 7 rings (SSSR count). The fourth-order valence-corrected chi connectivity index (χ4v) is 8.18. The zero-order valence-electron chi connectivity index (χ0n) is 32.2. The molecule has 0 aliphatic carbocycles. The van der Waals surface area contributed by atoms with Crippen LogP contribution in [0.4, 0.5) is 16.2 Å². The normalized spacial score (nSPS) is 12.0. The van der Waals surface area contributed by atoms with E-state index < -0.39 is 11.4 Å². The number of rotatable bonds is 7. The van der Waals surface area contributed by atoms with Gasteiger partial charge in [0.25, 0.3) is 0 Å². The lowest BCUT2D eigenvalue weighted by atomic mass is 9.83. The second kappa shape index (κ2) is 14.0. The van der Waals surface area contributed by atoms with Crippen molar-refractivity contribution < 1.29 is 9.59 Å². The summed E-state index contributed by atoms with van der Waals surface area (Å²) in [6.07, 6.45) is 0. The molecule has 0 saturated carbocycles. The van der Waals surface area contributed by atoms with Gasteiger partial charge in [-0.3, -0.25) is 9.52 Å². The summed E-state index contributed by atoms with van der Waals surface area (Å²) in [6.45, 7) is 16.0. The van der Waals surface area contributed by atoms with E-state index in [9.17, 15) is 9.59 Å². The van der Waals surface area contributed by atoms with E-state index in [1.54, 1.807) is 0 Å². The molecule has 0 radical (unpaired) electrons. The average Bonchev–Trinajstić information content (AvgIpc) is 3.61. The molecule has 7 aromatic rings. The maximum Gasteiger partial charge on any atom is 0.329 e. The van der Waals surface area contributed by atoms with E-state index in [0.717, 1.165) is 47.4 Å². The number of nitrogens with one attached hydrogen (secondary N) is 2. The number of fused-ring (bicyclic) bond motifs is 6. The first kappa shape index (κ1) is 36.2. The van der Waals surface area contributed by atoms with Crippen LogP contribution in [0.15, 0.2) is 91.0 Å². The van der Waals surface area contributed by atoms with Gasteiger partial charge in [-0.2, -0.15) is 0 Å². The highest BCUT2D eigenvalue weighted by Crippen LogP contribution is 2.42. The molecule has 0 aliphatic rings. The van der Waals surface area contributed by atoms with Crippen LogP contribution in [-0.2, 0) is 17.9 Å². The SMILES string of the molecule is CCn1c2ccc(C)cc2c2cc(C(c3ccc4c(c3)c3cc(C)ccc3n4CC)c3ccc(N(C)C)cc3NC(=O)NSC(=O)C(C)(C)C)ccc21. The number of aryl methyl sites for hydroxylation is 4. The second-order valence-corrected chi connectivity index (χ2v) is 16.2. The number of amides is 2. The molecular formula is C45H49N5O2S. The Morgan fingerprint density at radius 1 is 0.679 bits per heavy atom. The number of carbonyl (C=O) groups is 2. The van der Waals surface area contributed by atoms with E-state index in [1.165, 1.54) is 54.7 Å². The van der Waals surface area contributed by atoms with Gasteiger partial charge in [0.2, 0.25) is 5.12 Å². The fraction of sp³-hybridized carbons (Fsp3) is 0.289. The predicted molar refractivity (Wildman–Crippen MR) is 226 cm³/mol. The number of nitrogens with zero attached hydrogens (tertiary/aromatic N) is 3. The number of benzene rings is 5. The van der Waals surface area contributed by atoms with Gasteiger partial charge in [0, 0.05) is 105 Å². The zero-order chi connectivity index (χ0) is 37.8. The van der Waals surface area contributed by atoms with Crippen LogP contribution in [0.2, 0.25) is 0 Å². The molecule has 53 heavy (non-hydrogen) atoms. The number of hydrogen-bond donors (Lipinski definition) is 2. The largest absolute Gasteiger partial charge is 0.378 e. The monoisotopic (exact) mass is 723 g/mol. The first-order valence-corrected chi connectivity index (χ1v) is 19.2. The first-order chi connectivity index (χ1) is 25.3. The van der Waals surface area contributed by atoms with Crippen molar-refractivity contribution in [2.75, 3.05) is 24.3 Å². The molecule has 0 atom stereocenters. The van der Waals surface area contributed by atoms with E-state index in [0.29, 0.717) is 5.69 Å². The maximum absolute atomic E-state index is 13.5. The van der Waals surface area contributed by atoms with Gasteiger partial charge in [0.15, 0.2) is 0 Å². The van der Waals surface area contributed by atoms with E-state index in [1.807, 2.05) is 45.8 Å². The fourth-order valence-electron chi connectivity index (χ4n) is 7.64. The molecule has 5 aromatic carbocycles. The van der Waals surface area contributed by atoms with Crippen LogP contribution in [0.3, 0.4) is 0 Å². The molecule has 0 bridgehead atoms. The predicted octanol–water partition coefficient (Wildman–Crippen LogP) is 11.1. The van der Waals surface area contributed by atoms with Gasteiger partial charge in [-0.1, -0.05) is 62.2 Å². The summed E-state index contributed by atoms with van der Waals surface area (Å²) in [5.41, 5.74) is 11.6. The Morgan fingerprint density at radius 3 is 1.60 bits per heavy atom. The van der Waals surface area contributed by atoms with E-state index in [2.05, 4.69) is 132 Å². The molecule has 0 fully saturated rings. The minimum atomic E-state index is -0.588. The minimum Gasteiger partial charge on any atom is -0.378 e. The number of urea groups is 1. The van der Waals surface area contributed by atoms with Gasteiger partial charge in [0.05, 0.1) is 0 Å². The zero-order valence-corrected chi connectivity index (χ0v) is 33.0. The average molecular weight is 724 g/mol. The molecule has 2 N–H and O–H groups in total. The Kier molecular flexibility index (Phi) is 9.53. The number of anilines is 2. The first-order valence-electron chi connectivity index (χ1n) is 18.4. The van der Waals surface area contributed by atoms with Crippen LogP contribution in [0, 0.1) is 19.3 Å². The van der Waals surface area contributed by atoms with Crippen LogP contribution < -0.4 is 14.9 Å². The second-order valence-electron chi connectivity index (χ2n) is 15.4. The molecule has 2 heterocycles. The van der Waals surface area contributed by atoms with Crippen molar-refractivity contribution in [3.05, 3.63) is 119 Å². The van der Waals surface area contributed by atoms with E-state index >= 15 is 0 Å². The van der Waals surface area contributed by atoms with E-state index in [4.69, 9.17) is 0 Å². The molecule has 8 heteroatoms. The smallest absolute Gasteiger partial charge is 0.329 e. The topological polar surface area (TPSA) is 71.3 Å². The summed E-state index contributed by atoms with van der Waals surface area (Å²) in [5.74, 6) is -0.228. The van der Waals surface area contributed by atoms with Gasteiger partial charge < -0.3 is 19.4 Å². The molecule has 0 saturated heterocycles. The Morgan fingerprint density at radius 2 is 1.15 bits per heavy atom. The highest BCUT2D eigenvalue weighted by molar-refractivity contribution is 8.12. The Labute approximate surface area is 316 Å². The van der Waals surface area contributed by atoms with Gasteiger partial charge in [0.1, 0.15) is 0 Å². The van der Waals surface area contributed by atoms with Gasteiger partial charge >= 0.3 is 6.03 Å². The Hall–Kier alpha value is -5.21. The minimum absolute atomic E-state index is 0.114. The van der Waals surface area contributed by atoms with Gasteiger partial charge in [-0.15, -0.1) is 0 Å². The van der Waals surface area contributed by atoms with Crippen molar-refractivity contribution >= 4 is 78.1 Å². The number of hydrogen-bond acceptors (Lipinski definition) is 4. The van der Waals surface area contributed by atoms with Gasteiger partial charge in [-0.25, -0.2) is 4.79 Å². The third-order valence-corrected chi connectivity index (χ3v) is 11.4. The van der Waals surface area contributed by atoms with Crippen molar-refractivity contribution in [1.29, 1.82) is 0 Å². The highest BCUT2D eigenvalue weighted by Gasteiger charge is 2.26. The van der Waals surface area contributed by atoms with Gasteiger partial charge in [-0.05, 0) is 105 Å². The highest BCUT2D eigenvalue weighted by atomic mass is 32.2. The third kappa shape index (κ3) is 6.65. The Balaban J connectivity index is 1.46. The number of aromatic nitrogens is 2. The lowest BCUT2D eigenvalue weighted by Crippen LogP contribution is -2.28. The van der Waals surface area contributed by atoms with Crippen LogP contribution in [0.5, 0.6) is 0 Å². The lowest BCUT2D eigenvalue weighted by Gasteiger charge is -2.25. The summed E-state index contributed by atoms with van der Waals surface area (Å²) >= 11 is 0.828. The molecular weight excluding hydrogens is 675 g/mol. The summed E-state index contributed by atoms with van der Waals surface area (Å²) in [7, 11) is 3.99. The summed E-state index contributed by atoms with van der Waals surface area (Å²) in [6, 6.07) is 32.9. The lowest BCUT2D eigenvalue weighted by molar-refractivity contribution is -0.117. The molecule has 272 valence electrons. The van der Waals surface area contributed by atoms with Crippen LogP contribution in [-0.4, -0.2) is 34.4 Å². The number of carbonyl (C=O) groups excluding carboxylic acids is 2. The van der Waals surface area contributed by atoms with Crippen molar-refractivity contribution in [1.82, 2.24) is 13.9 Å². The summed E-state index contributed by atoms with van der Waals surface area (Å²) < 4.78 is 7.52. The third-order valence-electron chi connectivity index (χ3n) is 10.3. The van der Waals surface area contributed by atoms with Crippen LogP contribution >= 0.6 is 11.9 Å². The summed E-state index contributed by atoms with van der Waals surface area (Å²) in [5, 5.41) is 7.93. The van der Waals surface area contributed by atoms with Crippen molar-refractivity contribution in [2.45, 2.75) is 67.5 Å². The molecule has 7 nitrogen and oxygen atoms in total. The van der Waals surface area contributed by atoms with Crippen LogP contribution in [0.25, 0.3) is 43.6 Å².